The van der Waals surface area contributed by atoms with Crippen molar-refractivity contribution in [1.82, 2.24) is 9.21 Å². The van der Waals surface area contributed by atoms with Crippen LogP contribution >= 0.6 is 0 Å². The number of carbonyl (C=O) groups excluding carboxylic acids is 1. The smallest absolute Gasteiger partial charge is 0.243 e. The number of amides is 1. The van der Waals surface area contributed by atoms with Crippen LogP contribution in [0.15, 0.2) is 53.4 Å². The van der Waals surface area contributed by atoms with Crippen LogP contribution in [0, 0.1) is 11.3 Å². The molecule has 1 saturated heterocycles. The Morgan fingerprint density at radius 3 is 2.42 bits per heavy atom. The van der Waals surface area contributed by atoms with Crippen molar-refractivity contribution < 1.29 is 17.9 Å². The predicted molar refractivity (Wildman–Crippen MR) is 117 cm³/mol. The number of anilines is 1. The van der Waals surface area contributed by atoms with E-state index < -0.39 is 10.0 Å². The monoisotopic (exact) mass is 442 g/mol. The molecule has 0 spiro atoms. The average molecular weight is 443 g/mol. The molecule has 1 amide bonds. The van der Waals surface area contributed by atoms with Crippen molar-refractivity contribution in [1.29, 1.82) is 5.26 Å². The molecule has 1 N–H and O–H groups in total. The predicted octanol–water partition coefficient (Wildman–Crippen LogP) is 2.29. The number of nitrogens with one attached hydrogen (secondary N) is 1. The van der Waals surface area contributed by atoms with Gasteiger partial charge in [0, 0.05) is 26.2 Å². The summed E-state index contributed by atoms with van der Waals surface area (Å²) in [6.07, 6.45) is -0.0520. The van der Waals surface area contributed by atoms with Gasteiger partial charge in [0.25, 0.3) is 0 Å². The van der Waals surface area contributed by atoms with Crippen molar-refractivity contribution in [3.63, 3.8) is 0 Å². The zero-order valence-electron chi connectivity index (χ0n) is 17.6. The SMILES string of the molecule is CC(C)Oc1ccc(C#N)cc1NCC(=O)N1CCN(S(=O)(=O)c2ccccc2)CC1. The van der Waals surface area contributed by atoms with E-state index in [-0.39, 0.29) is 36.5 Å². The number of hydrogen-bond donors (Lipinski definition) is 1. The molecule has 8 nitrogen and oxygen atoms in total. The van der Waals surface area contributed by atoms with Crippen LogP contribution in [0.5, 0.6) is 5.75 Å². The molecule has 3 rings (SSSR count). The second kappa shape index (κ2) is 9.81. The van der Waals surface area contributed by atoms with Gasteiger partial charge in [-0.1, -0.05) is 18.2 Å². The van der Waals surface area contributed by atoms with Crippen LogP contribution in [-0.2, 0) is 14.8 Å². The second-order valence-electron chi connectivity index (χ2n) is 7.44. The zero-order chi connectivity index (χ0) is 22.4. The van der Waals surface area contributed by atoms with Gasteiger partial charge >= 0.3 is 0 Å². The van der Waals surface area contributed by atoms with Gasteiger partial charge in [-0.15, -0.1) is 0 Å². The maximum Gasteiger partial charge on any atom is 0.243 e. The van der Waals surface area contributed by atoms with Crippen molar-refractivity contribution >= 4 is 21.6 Å². The second-order valence-corrected chi connectivity index (χ2v) is 9.38. The molecular formula is C22H26N4O4S. The highest BCUT2D eigenvalue weighted by molar-refractivity contribution is 7.89. The first-order valence-corrected chi connectivity index (χ1v) is 11.5. The van der Waals surface area contributed by atoms with Gasteiger partial charge in [-0.25, -0.2) is 8.42 Å². The van der Waals surface area contributed by atoms with Gasteiger partial charge in [0.15, 0.2) is 0 Å². The summed E-state index contributed by atoms with van der Waals surface area (Å²) >= 11 is 0. The number of piperazine rings is 1. The summed E-state index contributed by atoms with van der Waals surface area (Å²) in [7, 11) is -3.56. The Kier molecular flexibility index (Phi) is 7.15. The van der Waals surface area contributed by atoms with Crippen molar-refractivity contribution in [2.45, 2.75) is 24.8 Å². The number of nitrogens with zero attached hydrogens (tertiary/aromatic N) is 3. The summed E-state index contributed by atoms with van der Waals surface area (Å²) in [5.41, 5.74) is 1.04. The Labute approximate surface area is 183 Å². The third-order valence-electron chi connectivity index (χ3n) is 4.87. The van der Waals surface area contributed by atoms with Crippen LogP contribution in [0.3, 0.4) is 0 Å². The van der Waals surface area contributed by atoms with Crippen molar-refractivity contribution in [3.8, 4) is 11.8 Å². The lowest BCUT2D eigenvalue weighted by Crippen LogP contribution is -2.51. The summed E-state index contributed by atoms with van der Waals surface area (Å²) in [6.45, 7) is 4.95. The summed E-state index contributed by atoms with van der Waals surface area (Å²) in [6, 6.07) is 15.4. The molecule has 1 aliphatic heterocycles. The molecule has 1 heterocycles. The number of ether oxygens (including phenoxy) is 1. The Hall–Kier alpha value is -3.09. The fourth-order valence-corrected chi connectivity index (χ4v) is 4.74. The molecule has 0 aromatic heterocycles. The maximum atomic E-state index is 12.7. The molecule has 0 saturated carbocycles. The first kappa shape index (κ1) is 22.6. The van der Waals surface area contributed by atoms with Gasteiger partial charge < -0.3 is 15.0 Å². The lowest BCUT2D eigenvalue weighted by molar-refractivity contribution is -0.130. The normalized spacial score (nSPS) is 14.8. The molecule has 9 heteroatoms. The van der Waals surface area contributed by atoms with Crippen LogP contribution in [0.4, 0.5) is 5.69 Å². The zero-order valence-corrected chi connectivity index (χ0v) is 18.4. The largest absolute Gasteiger partial charge is 0.489 e. The minimum atomic E-state index is -3.56. The van der Waals surface area contributed by atoms with Crippen molar-refractivity contribution in [2.24, 2.45) is 0 Å². The molecule has 164 valence electrons. The Balaban J connectivity index is 1.59. The van der Waals surface area contributed by atoms with Crippen LogP contribution in [-0.4, -0.2) is 62.4 Å². The molecular weight excluding hydrogens is 416 g/mol. The van der Waals surface area contributed by atoms with Gasteiger partial charge in [-0.3, -0.25) is 4.79 Å². The molecule has 0 atom stereocenters. The van der Waals surface area contributed by atoms with E-state index >= 15 is 0 Å². The quantitative estimate of drug-likeness (QED) is 0.706. The summed E-state index contributed by atoms with van der Waals surface area (Å²) < 4.78 is 32.6. The maximum absolute atomic E-state index is 12.7. The fraction of sp³-hybridized carbons (Fsp3) is 0.364. The van der Waals surface area contributed by atoms with E-state index in [4.69, 9.17) is 10.00 Å². The Morgan fingerprint density at radius 1 is 1.13 bits per heavy atom. The highest BCUT2D eigenvalue weighted by Gasteiger charge is 2.29. The van der Waals surface area contributed by atoms with E-state index in [1.54, 1.807) is 53.4 Å². The summed E-state index contributed by atoms with van der Waals surface area (Å²) in [5, 5.41) is 12.2. The lowest BCUT2D eigenvalue weighted by Gasteiger charge is -2.34. The van der Waals surface area contributed by atoms with E-state index in [1.165, 1.54) is 4.31 Å². The average Bonchev–Trinajstić information content (AvgIpc) is 2.78. The summed E-state index contributed by atoms with van der Waals surface area (Å²) in [4.78, 5) is 14.6. The molecule has 2 aromatic carbocycles. The van der Waals surface area contributed by atoms with Crippen LogP contribution in [0.25, 0.3) is 0 Å². The van der Waals surface area contributed by atoms with E-state index in [2.05, 4.69) is 11.4 Å². The van der Waals surface area contributed by atoms with E-state index in [1.807, 2.05) is 13.8 Å². The van der Waals surface area contributed by atoms with Crippen LogP contribution in [0.1, 0.15) is 19.4 Å². The van der Waals surface area contributed by atoms with Crippen LogP contribution < -0.4 is 10.1 Å². The Morgan fingerprint density at radius 2 is 1.81 bits per heavy atom. The molecule has 2 aromatic rings. The summed E-state index contributed by atoms with van der Waals surface area (Å²) in [5.74, 6) is 0.426. The molecule has 1 aliphatic rings. The standard InChI is InChI=1S/C22H26N4O4S/c1-17(2)30-21-9-8-18(15-23)14-20(21)24-16-22(27)25-10-12-26(13-11-25)31(28,29)19-6-4-3-5-7-19/h3-9,14,17,24H,10-13,16H2,1-2H3. The van der Waals surface area contributed by atoms with E-state index in [0.29, 0.717) is 30.1 Å². The third-order valence-corrected chi connectivity index (χ3v) is 6.79. The lowest BCUT2D eigenvalue weighted by atomic mass is 10.2. The van der Waals surface area contributed by atoms with Crippen molar-refractivity contribution in [2.75, 3.05) is 38.0 Å². The van der Waals surface area contributed by atoms with Gasteiger partial charge in [0.2, 0.25) is 15.9 Å². The number of hydrogen-bond acceptors (Lipinski definition) is 6. The number of benzene rings is 2. The van der Waals surface area contributed by atoms with Gasteiger partial charge in [0.05, 0.1) is 34.9 Å². The van der Waals surface area contributed by atoms with E-state index in [0.717, 1.165) is 0 Å². The van der Waals surface area contributed by atoms with Gasteiger partial charge in [-0.2, -0.15) is 9.57 Å². The van der Waals surface area contributed by atoms with Crippen molar-refractivity contribution in [3.05, 3.63) is 54.1 Å². The molecule has 0 unspecified atom stereocenters. The first-order valence-electron chi connectivity index (χ1n) is 10.1. The number of carbonyl (C=O) groups is 1. The number of rotatable bonds is 7. The molecule has 0 radical (unpaired) electrons. The van der Waals surface area contributed by atoms with Gasteiger partial charge in [-0.05, 0) is 44.2 Å². The number of sulfonamides is 1. The Bertz CT molecular complexity index is 1060. The third kappa shape index (κ3) is 5.54. The topological polar surface area (TPSA) is 103 Å². The minimum Gasteiger partial charge on any atom is -0.489 e. The van der Waals surface area contributed by atoms with Crippen LogP contribution in [0.2, 0.25) is 0 Å². The first-order chi connectivity index (χ1) is 14.8. The highest BCUT2D eigenvalue weighted by Crippen LogP contribution is 2.26. The fourth-order valence-electron chi connectivity index (χ4n) is 3.30. The van der Waals surface area contributed by atoms with Gasteiger partial charge in [0.1, 0.15) is 5.75 Å². The number of nitriles is 1. The molecule has 0 bridgehead atoms. The van der Waals surface area contributed by atoms with E-state index in [9.17, 15) is 13.2 Å². The highest BCUT2D eigenvalue weighted by atomic mass is 32.2. The molecule has 0 aliphatic carbocycles. The molecule has 31 heavy (non-hydrogen) atoms. The molecule has 1 fully saturated rings. The minimum absolute atomic E-state index is 0.0226.